The Balaban J connectivity index is 1.24. The van der Waals surface area contributed by atoms with Gasteiger partial charge in [0.1, 0.15) is 30.0 Å². The molecule has 1 aliphatic rings. The second kappa shape index (κ2) is 12.9. The number of tetrazole rings is 1. The lowest BCUT2D eigenvalue weighted by molar-refractivity contribution is -0.186. The van der Waals surface area contributed by atoms with E-state index in [-0.39, 0.29) is 25.1 Å². The van der Waals surface area contributed by atoms with Crippen molar-refractivity contribution in [1.82, 2.24) is 35.1 Å². The molecule has 1 aliphatic heterocycles. The van der Waals surface area contributed by atoms with Crippen molar-refractivity contribution in [1.29, 1.82) is 5.26 Å². The number of nitrogens with one attached hydrogen (secondary N) is 1. The molecular formula is C29H28F3N9O3. The van der Waals surface area contributed by atoms with Gasteiger partial charge in [0, 0.05) is 31.0 Å². The smallest absolute Gasteiger partial charge is 0.471 e. The third-order valence-corrected chi connectivity index (χ3v) is 7.22. The molecule has 0 radical (unpaired) electrons. The van der Waals surface area contributed by atoms with Crippen LogP contribution in [0.3, 0.4) is 0 Å². The van der Waals surface area contributed by atoms with Crippen LogP contribution in [0.5, 0.6) is 11.5 Å². The van der Waals surface area contributed by atoms with E-state index >= 15 is 0 Å². The van der Waals surface area contributed by atoms with E-state index in [9.17, 15) is 23.2 Å². The van der Waals surface area contributed by atoms with Crippen LogP contribution in [0.2, 0.25) is 0 Å². The van der Waals surface area contributed by atoms with Crippen molar-refractivity contribution in [2.75, 3.05) is 25.5 Å². The molecule has 228 valence electrons. The van der Waals surface area contributed by atoms with Crippen molar-refractivity contribution in [3.8, 4) is 28.7 Å². The summed E-state index contributed by atoms with van der Waals surface area (Å²) in [6.45, 7) is 2.33. The number of halogens is 3. The molecule has 0 spiro atoms. The fraction of sp³-hybridized carbons (Fsp3) is 0.345. The number of piperidine rings is 1. The van der Waals surface area contributed by atoms with Crippen LogP contribution in [0.15, 0.2) is 55.1 Å². The zero-order valence-electron chi connectivity index (χ0n) is 23.8. The van der Waals surface area contributed by atoms with E-state index in [1.807, 2.05) is 19.1 Å². The normalized spacial score (nSPS) is 14.5. The van der Waals surface area contributed by atoms with E-state index < -0.39 is 12.1 Å². The Morgan fingerprint density at radius 2 is 1.86 bits per heavy atom. The van der Waals surface area contributed by atoms with Gasteiger partial charge in [-0.2, -0.15) is 18.4 Å². The lowest BCUT2D eigenvalue weighted by Gasteiger charge is -2.32. The summed E-state index contributed by atoms with van der Waals surface area (Å²) in [5.74, 6) is -0.545. The van der Waals surface area contributed by atoms with Gasteiger partial charge in [0.05, 0.1) is 24.9 Å². The second-order valence-corrected chi connectivity index (χ2v) is 10.2. The van der Waals surface area contributed by atoms with Gasteiger partial charge in [0.2, 0.25) is 5.95 Å². The van der Waals surface area contributed by atoms with Crippen LogP contribution in [-0.2, 0) is 11.3 Å². The Morgan fingerprint density at radius 3 is 2.50 bits per heavy atom. The van der Waals surface area contributed by atoms with E-state index in [0.29, 0.717) is 53.6 Å². The highest BCUT2D eigenvalue weighted by Crippen LogP contribution is 2.36. The highest BCUT2D eigenvalue weighted by molar-refractivity contribution is 5.82. The van der Waals surface area contributed by atoms with Gasteiger partial charge < -0.3 is 19.7 Å². The van der Waals surface area contributed by atoms with Crippen molar-refractivity contribution in [2.24, 2.45) is 0 Å². The van der Waals surface area contributed by atoms with Crippen molar-refractivity contribution in [3.05, 3.63) is 66.2 Å². The number of carbonyl (C=O) groups is 1. The van der Waals surface area contributed by atoms with Crippen LogP contribution in [0.25, 0.3) is 11.1 Å². The molecule has 1 N–H and O–H groups in total. The van der Waals surface area contributed by atoms with Crippen molar-refractivity contribution < 1.29 is 27.4 Å². The first kappa shape index (κ1) is 30.2. The van der Waals surface area contributed by atoms with Gasteiger partial charge in [-0.05, 0) is 71.5 Å². The Kier molecular flexibility index (Phi) is 8.88. The lowest BCUT2D eigenvalue weighted by Crippen LogP contribution is -2.45. The maximum Gasteiger partial charge on any atom is 0.471 e. The molecule has 3 heterocycles. The summed E-state index contributed by atoms with van der Waals surface area (Å²) in [5, 5.41) is 23.7. The summed E-state index contributed by atoms with van der Waals surface area (Å²) in [7, 11) is 1.52. The molecular weight excluding hydrogens is 579 g/mol. The number of benzene rings is 2. The van der Waals surface area contributed by atoms with Crippen LogP contribution in [0.4, 0.5) is 24.8 Å². The van der Waals surface area contributed by atoms with Crippen LogP contribution >= 0.6 is 0 Å². The number of hydrogen-bond acceptors (Lipinski definition) is 10. The Hall–Kier alpha value is -5.26. The number of nitrogens with zero attached hydrogens (tertiary/aromatic N) is 8. The number of alkyl halides is 3. The van der Waals surface area contributed by atoms with Gasteiger partial charge in [-0.1, -0.05) is 12.1 Å². The summed E-state index contributed by atoms with van der Waals surface area (Å²) in [6, 6.07) is 12.9. The molecule has 1 atom stereocenters. The van der Waals surface area contributed by atoms with Crippen molar-refractivity contribution in [3.63, 3.8) is 0 Å². The van der Waals surface area contributed by atoms with E-state index in [1.54, 1.807) is 36.7 Å². The minimum Gasteiger partial charge on any atom is -0.495 e. The molecule has 1 amide bonds. The van der Waals surface area contributed by atoms with Crippen LogP contribution in [-0.4, -0.2) is 73.5 Å². The average Bonchev–Trinajstić information content (AvgIpc) is 3.54. The number of anilines is 2. The van der Waals surface area contributed by atoms with E-state index in [4.69, 9.17) is 9.47 Å². The minimum atomic E-state index is -4.86. The van der Waals surface area contributed by atoms with E-state index in [1.165, 1.54) is 18.1 Å². The monoisotopic (exact) mass is 607 g/mol. The lowest BCUT2D eigenvalue weighted by atomic mass is 9.89. The molecule has 1 saturated heterocycles. The van der Waals surface area contributed by atoms with Gasteiger partial charge in [-0.25, -0.2) is 14.6 Å². The number of hydrogen-bond donors (Lipinski definition) is 1. The number of methoxy groups -OCH3 is 1. The molecule has 4 aromatic rings. The first-order valence-electron chi connectivity index (χ1n) is 13.7. The zero-order chi connectivity index (χ0) is 31.3. The summed E-state index contributed by atoms with van der Waals surface area (Å²) in [4.78, 5) is 21.3. The molecule has 0 saturated carbocycles. The number of nitriles is 1. The minimum absolute atomic E-state index is 0.00498. The second-order valence-electron chi connectivity index (χ2n) is 10.2. The number of carbonyl (C=O) groups excluding carboxylic acids is 1. The Bertz CT molecular complexity index is 1630. The Morgan fingerprint density at radius 1 is 1.11 bits per heavy atom. The van der Waals surface area contributed by atoms with E-state index in [0.717, 1.165) is 16.0 Å². The molecule has 0 bridgehead atoms. The topological polar surface area (TPSA) is 144 Å². The number of aromatic nitrogens is 6. The predicted molar refractivity (Wildman–Crippen MR) is 151 cm³/mol. The standard InChI is InChI=1S/C29H28F3N9O3/c1-18(16-41-17-36-38-39-41)44-25-11-21(3-4-22(25)13-33)23-14-34-28(35-15-23)37-24-6-5-20(12-26(24)43-2)19-7-9-40(10-8-19)27(42)29(30,31)32/h3-6,11-12,14-15,17-19H,7-10,16H2,1-2H3,(H,34,35,37). The van der Waals surface area contributed by atoms with Gasteiger partial charge in [0.25, 0.3) is 0 Å². The van der Waals surface area contributed by atoms with Crippen molar-refractivity contribution in [2.45, 2.75) is 44.5 Å². The van der Waals surface area contributed by atoms with Crippen molar-refractivity contribution >= 4 is 17.5 Å². The summed E-state index contributed by atoms with van der Waals surface area (Å²) in [6.07, 6.45) is 0.433. The summed E-state index contributed by atoms with van der Waals surface area (Å²) < 4.78 is 51.4. The van der Waals surface area contributed by atoms with Crippen LogP contribution < -0.4 is 14.8 Å². The highest BCUT2D eigenvalue weighted by Gasteiger charge is 2.43. The van der Waals surface area contributed by atoms with Gasteiger partial charge >= 0.3 is 12.1 Å². The SMILES string of the molecule is COc1cc(C2CCN(C(=O)C(F)(F)F)CC2)ccc1Nc1ncc(-c2ccc(C#N)c(OC(C)Cn3cnnn3)c2)cn1. The maximum absolute atomic E-state index is 12.8. The first-order chi connectivity index (χ1) is 21.1. The molecule has 0 aliphatic carbocycles. The van der Waals surface area contributed by atoms with Gasteiger partial charge in [-0.3, -0.25) is 4.79 Å². The third kappa shape index (κ3) is 7.02. The first-order valence-corrected chi connectivity index (χ1v) is 13.7. The molecule has 12 nitrogen and oxygen atoms in total. The Labute approximate surface area is 250 Å². The van der Waals surface area contributed by atoms with E-state index in [2.05, 4.69) is 36.9 Å². The molecule has 1 unspecified atom stereocenters. The molecule has 1 fully saturated rings. The number of likely N-dealkylation sites (tertiary alicyclic amines) is 1. The number of rotatable bonds is 9. The number of amides is 1. The van der Waals surface area contributed by atoms with Crippen LogP contribution in [0, 0.1) is 11.3 Å². The maximum atomic E-state index is 12.8. The molecule has 15 heteroatoms. The fourth-order valence-electron chi connectivity index (χ4n) is 5.00. The molecule has 44 heavy (non-hydrogen) atoms. The van der Waals surface area contributed by atoms with Crippen LogP contribution in [0.1, 0.15) is 36.8 Å². The molecule has 2 aromatic heterocycles. The average molecular weight is 608 g/mol. The van der Waals surface area contributed by atoms with Gasteiger partial charge in [-0.15, -0.1) is 5.10 Å². The predicted octanol–water partition coefficient (Wildman–Crippen LogP) is 4.49. The summed E-state index contributed by atoms with van der Waals surface area (Å²) in [5.41, 5.74) is 3.36. The number of ether oxygens (including phenoxy) is 2. The molecule has 5 rings (SSSR count). The quantitative estimate of drug-likeness (QED) is 0.289. The fourth-order valence-corrected chi connectivity index (χ4v) is 5.00. The highest BCUT2D eigenvalue weighted by atomic mass is 19.4. The third-order valence-electron chi connectivity index (χ3n) is 7.22. The zero-order valence-corrected chi connectivity index (χ0v) is 23.8. The largest absolute Gasteiger partial charge is 0.495 e. The molecule has 2 aromatic carbocycles. The summed E-state index contributed by atoms with van der Waals surface area (Å²) >= 11 is 0. The van der Waals surface area contributed by atoms with Gasteiger partial charge in [0.15, 0.2) is 0 Å².